The van der Waals surface area contributed by atoms with E-state index < -0.39 is 10.0 Å². The van der Waals surface area contributed by atoms with Crippen molar-refractivity contribution >= 4 is 27.5 Å². The highest BCUT2D eigenvalue weighted by Crippen LogP contribution is 2.14. The molecule has 132 valence electrons. The van der Waals surface area contributed by atoms with Crippen LogP contribution in [0.15, 0.2) is 29.2 Å². The summed E-state index contributed by atoms with van der Waals surface area (Å²) in [7, 11) is -3.76. The smallest absolute Gasteiger partial charge is 0.241 e. The number of nitrogens with zero attached hydrogens (tertiary/aromatic N) is 1. The van der Waals surface area contributed by atoms with E-state index in [1.54, 1.807) is 4.90 Å². The molecule has 1 saturated heterocycles. The predicted octanol–water partition coefficient (Wildman–Crippen LogP) is 1.33. The highest BCUT2D eigenvalue weighted by Gasteiger charge is 2.19. The number of benzene rings is 1. The van der Waals surface area contributed by atoms with E-state index in [9.17, 15) is 18.0 Å². The number of anilines is 1. The molecular formula is C16H23N3O4S. The number of hydrogen-bond donors (Lipinski definition) is 2. The molecular weight excluding hydrogens is 330 g/mol. The summed E-state index contributed by atoms with van der Waals surface area (Å²) in [6, 6.07) is 5.80. The van der Waals surface area contributed by atoms with Gasteiger partial charge in [-0.15, -0.1) is 0 Å². The van der Waals surface area contributed by atoms with E-state index >= 15 is 0 Å². The second-order valence-corrected chi connectivity index (χ2v) is 7.59. The monoisotopic (exact) mass is 353 g/mol. The number of sulfonamides is 1. The van der Waals surface area contributed by atoms with Gasteiger partial charge in [-0.05, 0) is 37.1 Å². The molecule has 0 unspecified atom stereocenters. The Kier molecular flexibility index (Phi) is 6.33. The Morgan fingerprint density at radius 3 is 2.17 bits per heavy atom. The minimum Gasteiger partial charge on any atom is -0.342 e. The largest absolute Gasteiger partial charge is 0.342 e. The Bertz CT molecular complexity index is 678. The molecule has 8 heteroatoms. The zero-order chi connectivity index (χ0) is 17.6. The van der Waals surface area contributed by atoms with Crippen LogP contribution in [0.5, 0.6) is 0 Å². The number of nitrogens with one attached hydrogen (secondary N) is 2. The second kappa shape index (κ2) is 8.25. The third kappa shape index (κ3) is 5.31. The molecule has 1 aromatic carbocycles. The predicted molar refractivity (Wildman–Crippen MR) is 91.0 cm³/mol. The zero-order valence-electron chi connectivity index (χ0n) is 13.7. The molecule has 0 atom stereocenters. The molecule has 1 heterocycles. The van der Waals surface area contributed by atoms with Gasteiger partial charge in [-0.3, -0.25) is 9.59 Å². The molecule has 0 spiro atoms. The van der Waals surface area contributed by atoms with Gasteiger partial charge in [0.1, 0.15) is 0 Å². The first kappa shape index (κ1) is 18.4. The fourth-order valence-electron chi connectivity index (χ4n) is 2.59. The fourth-order valence-corrected chi connectivity index (χ4v) is 3.57. The van der Waals surface area contributed by atoms with Crippen molar-refractivity contribution in [2.75, 3.05) is 25.0 Å². The highest BCUT2D eigenvalue weighted by atomic mass is 32.2. The van der Waals surface area contributed by atoms with Crippen LogP contribution < -0.4 is 10.0 Å². The Balaban J connectivity index is 1.95. The van der Waals surface area contributed by atoms with Crippen LogP contribution in [0.3, 0.4) is 0 Å². The fraction of sp³-hybridized carbons (Fsp3) is 0.500. The number of hydrogen-bond acceptors (Lipinski definition) is 4. The van der Waals surface area contributed by atoms with Gasteiger partial charge in [0, 0.05) is 25.7 Å². The molecule has 0 aromatic heterocycles. The molecule has 7 nitrogen and oxygen atoms in total. The maximum atomic E-state index is 12.3. The summed E-state index contributed by atoms with van der Waals surface area (Å²) < 4.78 is 26.8. The van der Waals surface area contributed by atoms with E-state index in [1.165, 1.54) is 31.2 Å². The summed E-state index contributed by atoms with van der Waals surface area (Å²) in [4.78, 5) is 24.9. The number of carbonyl (C=O) groups is 2. The third-order valence-corrected chi connectivity index (χ3v) is 5.27. The van der Waals surface area contributed by atoms with Gasteiger partial charge < -0.3 is 10.2 Å². The van der Waals surface area contributed by atoms with Gasteiger partial charge in [0.15, 0.2) is 0 Å². The van der Waals surface area contributed by atoms with E-state index in [-0.39, 0.29) is 23.3 Å². The maximum Gasteiger partial charge on any atom is 0.241 e. The summed E-state index contributed by atoms with van der Waals surface area (Å²) >= 11 is 0. The molecule has 0 bridgehead atoms. The van der Waals surface area contributed by atoms with E-state index in [0.29, 0.717) is 18.8 Å². The first-order chi connectivity index (χ1) is 11.4. The lowest BCUT2D eigenvalue weighted by Gasteiger charge is -2.20. The van der Waals surface area contributed by atoms with Crippen molar-refractivity contribution in [3.8, 4) is 0 Å². The molecule has 1 fully saturated rings. The number of likely N-dealkylation sites (tertiary alicyclic amines) is 1. The van der Waals surface area contributed by atoms with Gasteiger partial charge in [0.05, 0.1) is 11.4 Å². The molecule has 0 saturated carbocycles. The zero-order valence-corrected chi connectivity index (χ0v) is 14.6. The summed E-state index contributed by atoms with van der Waals surface area (Å²) in [5, 5.41) is 2.57. The number of rotatable bonds is 5. The maximum absolute atomic E-state index is 12.3. The molecule has 2 N–H and O–H groups in total. The van der Waals surface area contributed by atoms with Gasteiger partial charge in [-0.2, -0.15) is 0 Å². The summed E-state index contributed by atoms with van der Waals surface area (Å²) in [6.45, 7) is 2.51. The molecule has 1 aliphatic rings. The molecule has 1 aromatic rings. The molecule has 24 heavy (non-hydrogen) atoms. The van der Waals surface area contributed by atoms with Gasteiger partial charge in [0.2, 0.25) is 21.8 Å². The summed E-state index contributed by atoms with van der Waals surface area (Å²) in [6.07, 6.45) is 4.14. The molecule has 2 amide bonds. The van der Waals surface area contributed by atoms with Crippen molar-refractivity contribution in [3.05, 3.63) is 24.3 Å². The van der Waals surface area contributed by atoms with Crippen molar-refractivity contribution < 1.29 is 18.0 Å². The van der Waals surface area contributed by atoms with Gasteiger partial charge in [-0.1, -0.05) is 12.8 Å². The van der Waals surface area contributed by atoms with Crippen molar-refractivity contribution in [2.45, 2.75) is 37.5 Å². The van der Waals surface area contributed by atoms with Gasteiger partial charge >= 0.3 is 0 Å². The average Bonchev–Trinajstić information content (AvgIpc) is 2.82. The van der Waals surface area contributed by atoms with Crippen LogP contribution in [-0.2, 0) is 19.6 Å². The van der Waals surface area contributed by atoms with E-state index in [4.69, 9.17) is 0 Å². The van der Waals surface area contributed by atoms with Crippen LogP contribution in [-0.4, -0.2) is 44.8 Å². The summed E-state index contributed by atoms with van der Waals surface area (Å²) in [5.41, 5.74) is 0.516. The first-order valence-corrected chi connectivity index (χ1v) is 9.52. The second-order valence-electron chi connectivity index (χ2n) is 5.83. The first-order valence-electron chi connectivity index (χ1n) is 8.03. The van der Waals surface area contributed by atoms with E-state index in [2.05, 4.69) is 10.0 Å². The lowest BCUT2D eigenvalue weighted by molar-refractivity contribution is -0.129. The Morgan fingerprint density at radius 1 is 1.04 bits per heavy atom. The Labute approximate surface area is 142 Å². The van der Waals surface area contributed by atoms with Crippen LogP contribution in [0, 0.1) is 0 Å². The lowest BCUT2D eigenvalue weighted by atomic mass is 10.2. The van der Waals surface area contributed by atoms with E-state index in [0.717, 1.165) is 25.7 Å². The van der Waals surface area contributed by atoms with Crippen LogP contribution in [0.25, 0.3) is 0 Å². The standard InChI is InChI=1S/C16H23N3O4S/c1-13(20)18-14-6-8-15(9-7-14)24(22,23)17-12-16(21)19-10-4-2-3-5-11-19/h6-9,17H,2-5,10-12H2,1H3,(H,18,20). The minimum absolute atomic E-state index is 0.0558. The van der Waals surface area contributed by atoms with Crippen molar-refractivity contribution in [1.29, 1.82) is 0 Å². The summed E-state index contributed by atoms with van der Waals surface area (Å²) in [5.74, 6) is -0.429. The van der Waals surface area contributed by atoms with Crippen molar-refractivity contribution in [2.24, 2.45) is 0 Å². The quantitative estimate of drug-likeness (QED) is 0.835. The third-order valence-electron chi connectivity index (χ3n) is 3.86. The molecule has 2 rings (SSSR count). The van der Waals surface area contributed by atoms with Gasteiger partial charge in [0.25, 0.3) is 0 Å². The van der Waals surface area contributed by atoms with E-state index in [1.807, 2.05) is 0 Å². The van der Waals surface area contributed by atoms with Crippen LogP contribution >= 0.6 is 0 Å². The number of amides is 2. The molecule has 0 aliphatic carbocycles. The number of carbonyl (C=O) groups excluding carboxylic acids is 2. The lowest BCUT2D eigenvalue weighted by Crippen LogP contribution is -2.40. The van der Waals surface area contributed by atoms with Crippen LogP contribution in [0.1, 0.15) is 32.6 Å². The Morgan fingerprint density at radius 2 is 1.62 bits per heavy atom. The molecule has 0 radical (unpaired) electrons. The Hall–Kier alpha value is -1.93. The highest BCUT2D eigenvalue weighted by molar-refractivity contribution is 7.89. The molecule has 1 aliphatic heterocycles. The van der Waals surface area contributed by atoms with Crippen molar-refractivity contribution in [1.82, 2.24) is 9.62 Å². The van der Waals surface area contributed by atoms with Crippen molar-refractivity contribution in [3.63, 3.8) is 0 Å². The van der Waals surface area contributed by atoms with Gasteiger partial charge in [-0.25, -0.2) is 13.1 Å². The minimum atomic E-state index is -3.76. The van der Waals surface area contributed by atoms with Crippen LogP contribution in [0.4, 0.5) is 5.69 Å². The SMILES string of the molecule is CC(=O)Nc1ccc(S(=O)(=O)NCC(=O)N2CCCCCC2)cc1. The average molecular weight is 353 g/mol. The normalized spacial score (nSPS) is 15.6. The van der Waals surface area contributed by atoms with Crippen LogP contribution in [0.2, 0.25) is 0 Å². The topological polar surface area (TPSA) is 95.6 Å².